The maximum Gasteiger partial charge on any atom is 0.0117 e. The molecule has 94 valence electrons. The highest BCUT2D eigenvalue weighted by Crippen LogP contribution is 2.28. The van der Waals surface area contributed by atoms with Crippen LogP contribution in [-0.2, 0) is 0 Å². The lowest BCUT2D eigenvalue weighted by molar-refractivity contribution is 0.0759. The molecule has 0 bridgehead atoms. The van der Waals surface area contributed by atoms with Gasteiger partial charge in [-0.1, -0.05) is 6.92 Å². The SMILES string of the molecule is CNC1CCN(CC2CCSC2)C(C)C1C. The number of likely N-dealkylation sites (tertiary alicyclic amines) is 1. The Morgan fingerprint density at radius 2 is 2.12 bits per heavy atom. The van der Waals surface area contributed by atoms with Crippen LogP contribution < -0.4 is 5.32 Å². The maximum atomic E-state index is 3.47. The summed E-state index contributed by atoms with van der Waals surface area (Å²) in [7, 11) is 2.11. The molecule has 4 atom stereocenters. The lowest BCUT2D eigenvalue weighted by atomic mass is 9.86. The van der Waals surface area contributed by atoms with Crippen molar-refractivity contribution in [2.45, 2.75) is 38.8 Å². The molecule has 2 fully saturated rings. The summed E-state index contributed by atoms with van der Waals surface area (Å²) in [6.45, 7) is 7.45. The van der Waals surface area contributed by atoms with Gasteiger partial charge in [0.1, 0.15) is 0 Å². The van der Waals surface area contributed by atoms with Gasteiger partial charge in [-0.25, -0.2) is 0 Å². The largest absolute Gasteiger partial charge is 0.317 e. The Labute approximate surface area is 105 Å². The highest BCUT2D eigenvalue weighted by Gasteiger charge is 2.32. The highest BCUT2D eigenvalue weighted by molar-refractivity contribution is 7.99. The van der Waals surface area contributed by atoms with Crippen LogP contribution in [0.5, 0.6) is 0 Å². The van der Waals surface area contributed by atoms with Crippen molar-refractivity contribution in [3.63, 3.8) is 0 Å². The first-order valence-corrected chi connectivity index (χ1v) is 7.87. The Bertz CT molecular complexity index is 216. The molecule has 3 heteroatoms. The summed E-state index contributed by atoms with van der Waals surface area (Å²) in [5.74, 6) is 4.54. The van der Waals surface area contributed by atoms with E-state index in [1.165, 1.54) is 37.4 Å². The number of piperidine rings is 1. The molecule has 0 saturated carbocycles. The second-order valence-electron chi connectivity index (χ2n) is 5.51. The van der Waals surface area contributed by atoms with Gasteiger partial charge in [-0.3, -0.25) is 4.90 Å². The zero-order valence-electron chi connectivity index (χ0n) is 10.9. The van der Waals surface area contributed by atoms with Gasteiger partial charge >= 0.3 is 0 Å². The van der Waals surface area contributed by atoms with E-state index in [4.69, 9.17) is 0 Å². The first kappa shape index (κ1) is 12.7. The number of hydrogen-bond donors (Lipinski definition) is 1. The lowest BCUT2D eigenvalue weighted by Crippen LogP contribution is -2.53. The molecule has 0 spiro atoms. The number of thioether (sulfide) groups is 1. The molecule has 2 aliphatic rings. The molecule has 0 aliphatic carbocycles. The quantitative estimate of drug-likeness (QED) is 0.815. The zero-order valence-corrected chi connectivity index (χ0v) is 11.7. The first-order valence-electron chi connectivity index (χ1n) is 6.71. The Kier molecular flexibility index (Phi) is 4.57. The van der Waals surface area contributed by atoms with Gasteiger partial charge in [0.05, 0.1) is 0 Å². The van der Waals surface area contributed by atoms with Crippen LogP contribution in [-0.4, -0.2) is 48.6 Å². The van der Waals surface area contributed by atoms with Crippen LogP contribution in [0, 0.1) is 11.8 Å². The normalized spacial score (nSPS) is 41.4. The summed E-state index contributed by atoms with van der Waals surface area (Å²) in [5, 5.41) is 3.47. The van der Waals surface area contributed by atoms with Crippen LogP contribution in [0.2, 0.25) is 0 Å². The van der Waals surface area contributed by atoms with E-state index in [-0.39, 0.29) is 0 Å². The molecule has 0 aromatic carbocycles. The van der Waals surface area contributed by atoms with E-state index in [0.717, 1.165) is 23.9 Å². The Morgan fingerprint density at radius 3 is 2.75 bits per heavy atom. The predicted octanol–water partition coefficient (Wildman–Crippen LogP) is 2.06. The molecule has 16 heavy (non-hydrogen) atoms. The lowest BCUT2D eigenvalue weighted by Gasteiger charge is -2.43. The smallest absolute Gasteiger partial charge is 0.0117 e. The number of nitrogens with one attached hydrogen (secondary N) is 1. The molecule has 4 unspecified atom stereocenters. The van der Waals surface area contributed by atoms with Gasteiger partial charge in [0.25, 0.3) is 0 Å². The molecule has 0 aromatic heterocycles. The summed E-state index contributed by atoms with van der Waals surface area (Å²) in [4.78, 5) is 2.73. The monoisotopic (exact) mass is 242 g/mol. The van der Waals surface area contributed by atoms with Crippen molar-refractivity contribution >= 4 is 11.8 Å². The van der Waals surface area contributed by atoms with Gasteiger partial charge in [-0.15, -0.1) is 0 Å². The summed E-state index contributed by atoms with van der Waals surface area (Å²) >= 11 is 2.14. The van der Waals surface area contributed by atoms with E-state index in [1.807, 2.05) is 0 Å². The molecular formula is C13H26N2S. The van der Waals surface area contributed by atoms with Gasteiger partial charge in [0, 0.05) is 18.6 Å². The summed E-state index contributed by atoms with van der Waals surface area (Å²) in [6.07, 6.45) is 2.76. The van der Waals surface area contributed by atoms with Gasteiger partial charge in [0.2, 0.25) is 0 Å². The average Bonchev–Trinajstić information content (AvgIpc) is 2.78. The van der Waals surface area contributed by atoms with Gasteiger partial charge in [0.15, 0.2) is 0 Å². The van der Waals surface area contributed by atoms with Gasteiger partial charge < -0.3 is 5.32 Å². The first-order chi connectivity index (χ1) is 7.72. The van der Waals surface area contributed by atoms with E-state index < -0.39 is 0 Å². The second kappa shape index (κ2) is 5.74. The standard InChI is InChI=1S/C13H26N2S/c1-10-11(2)15(6-4-13(10)14-3)8-12-5-7-16-9-12/h10-14H,4-9H2,1-3H3. The van der Waals surface area contributed by atoms with E-state index in [2.05, 4.69) is 42.9 Å². The molecule has 2 heterocycles. The second-order valence-corrected chi connectivity index (χ2v) is 6.66. The van der Waals surface area contributed by atoms with Crippen LogP contribution in [0.3, 0.4) is 0 Å². The van der Waals surface area contributed by atoms with Gasteiger partial charge in [-0.2, -0.15) is 11.8 Å². The molecule has 2 nitrogen and oxygen atoms in total. The number of nitrogens with zero attached hydrogens (tertiary/aromatic N) is 1. The summed E-state index contributed by atoms with van der Waals surface area (Å²) in [6, 6.07) is 1.47. The fourth-order valence-corrected chi connectivity index (χ4v) is 4.44. The molecule has 2 aliphatic heterocycles. The minimum atomic E-state index is 0.726. The Balaban J connectivity index is 1.86. The topological polar surface area (TPSA) is 15.3 Å². The van der Waals surface area contributed by atoms with E-state index in [9.17, 15) is 0 Å². The molecule has 0 aromatic rings. The number of hydrogen-bond acceptors (Lipinski definition) is 3. The van der Waals surface area contributed by atoms with E-state index >= 15 is 0 Å². The molecule has 0 radical (unpaired) electrons. The molecule has 2 rings (SSSR count). The van der Waals surface area contributed by atoms with E-state index in [1.54, 1.807) is 0 Å². The van der Waals surface area contributed by atoms with Crippen molar-refractivity contribution in [1.29, 1.82) is 0 Å². The van der Waals surface area contributed by atoms with Crippen LogP contribution in [0.4, 0.5) is 0 Å². The third kappa shape index (κ3) is 2.74. The van der Waals surface area contributed by atoms with Gasteiger partial charge in [-0.05, 0) is 56.7 Å². The molecule has 1 N–H and O–H groups in total. The molecule has 0 amide bonds. The van der Waals surface area contributed by atoms with Crippen molar-refractivity contribution < 1.29 is 0 Å². The number of rotatable bonds is 3. The van der Waals surface area contributed by atoms with Crippen LogP contribution in [0.15, 0.2) is 0 Å². The Hall–Kier alpha value is 0.270. The molecule has 2 saturated heterocycles. The van der Waals surface area contributed by atoms with Crippen LogP contribution >= 0.6 is 11.8 Å². The third-order valence-corrected chi connectivity index (χ3v) is 5.82. The van der Waals surface area contributed by atoms with Crippen LogP contribution in [0.25, 0.3) is 0 Å². The summed E-state index contributed by atoms with van der Waals surface area (Å²) < 4.78 is 0. The zero-order chi connectivity index (χ0) is 11.5. The predicted molar refractivity (Wildman–Crippen MR) is 73.1 cm³/mol. The fraction of sp³-hybridized carbons (Fsp3) is 1.00. The fourth-order valence-electron chi connectivity index (χ4n) is 3.16. The minimum absolute atomic E-state index is 0.726. The minimum Gasteiger partial charge on any atom is -0.317 e. The van der Waals surface area contributed by atoms with Crippen molar-refractivity contribution in [2.24, 2.45) is 11.8 Å². The average molecular weight is 242 g/mol. The third-order valence-electron chi connectivity index (χ3n) is 4.59. The Morgan fingerprint density at radius 1 is 1.31 bits per heavy atom. The van der Waals surface area contributed by atoms with E-state index in [0.29, 0.717) is 0 Å². The van der Waals surface area contributed by atoms with Crippen molar-refractivity contribution in [2.75, 3.05) is 31.6 Å². The van der Waals surface area contributed by atoms with Crippen LogP contribution in [0.1, 0.15) is 26.7 Å². The maximum absolute atomic E-state index is 3.47. The summed E-state index contributed by atoms with van der Waals surface area (Å²) in [5.41, 5.74) is 0. The highest BCUT2D eigenvalue weighted by atomic mass is 32.2. The molecular weight excluding hydrogens is 216 g/mol. The van der Waals surface area contributed by atoms with Crippen molar-refractivity contribution in [3.05, 3.63) is 0 Å². The van der Waals surface area contributed by atoms with Crippen molar-refractivity contribution in [3.8, 4) is 0 Å². The van der Waals surface area contributed by atoms with Crippen molar-refractivity contribution in [1.82, 2.24) is 10.2 Å².